The predicted molar refractivity (Wildman–Crippen MR) is 110 cm³/mol. The van der Waals surface area contributed by atoms with Gasteiger partial charge < -0.3 is 5.32 Å². The van der Waals surface area contributed by atoms with Crippen molar-refractivity contribution in [2.75, 3.05) is 5.32 Å². The predicted octanol–water partition coefficient (Wildman–Crippen LogP) is 4.43. The average molecular weight is 406 g/mol. The molecule has 1 aromatic heterocycles. The molecule has 5 nitrogen and oxygen atoms in total. The highest BCUT2D eigenvalue weighted by Crippen LogP contribution is 2.24. The summed E-state index contributed by atoms with van der Waals surface area (Å²) in [5.41, 5.74) is 3.17. The van der Waals surface area contributed by atoms with Gasteiger partial charge in [-0.2, -0.15) is 0 Å². The summed E-state index contributed by atoms with van der Waals surface area (Å²) < 4.78 is 1.65. The zero-order valence-electron chi connectivity index (χ0n) is 14.0. The molecule has 0 saturated carbocycles. The Morgan fingerprint density at radius 1 is 1.12 bits per heavy atom. The van der Waals surface area contributed by atoms with Crippen LogP contribution in [0.15, 0.2) is 48.8 Å². The molecule has 1 heterocycles. The van der Waals surface area contributed by atoms with Crippen LogP contribution in [-0.4, -0.2) is 19.9 Å². The summed E-state index contributed by atoms with van der Waals surface area (Å²) in [4.78, 5) is 4.21. The number of aryl methyl sites for hydroxylation is 1. The summed E-state index contributed by atoms with van der Waals surface area (Å²) in [6.07, 6.45) is 1.60. The molecule has 0 saturated heterocycles. The van der Waals surface area contributed by atoms with E-state index >= 15 is 0 Å². The number of halogens is 2. The molecule has 0 fully saturated rings. The van der Waals surface area contributed by atoms with Gasteiger partial charge in [0.2, 0.25) is 5.95 Å². The van der Waals surface area contributed by atoms with Gasteiger partial charge in [-0.3, -0.25) is 5.32 Å². The molecule has 8 heteroatoms. The maximum atomic E-state index is 6.19. The van der Waals surface area contributed by atoms with Gasteiger partial charge in [0.15, 0.2) is 5.11 Å². The molecule has 0 aliphatic carbocycles. The van der Waals surface area contributed by atoms with Crippen LogP contribution in [0.2, 0.25) is 10.0 Å². The fourth-order valence-corrected chi connectivity index (χ4v) is 2.99. The van der Waals surface area contributed by atoms with E-state index in [2.05, 4.69) is 51.9 Å². The van der Waals surface area contributed by atoms with Crippen LogP contribution in [0.25, 0.3) is 0 Å². The van der Waals surface area contributed by atoms with Crippen molar-refractivity contribution in [1.82, 2.24) is 20.1 Å². The highest BCUT2D eigenvalue weighted by molar-refractivity contribution is 7.80. The largest absolute Gasteiger partial charge is 0.358 e. The SMILES string of the molecule is Cc1ccc(CNC(=S)Nc2ncn(Cc3c(Cl)cccc3Cl)n2)cc1. The molecule has 0 bridgehead atoms. The van der Waals surface area contributed by atoms with Crippen molar-refractivity contribution in [1.29, 1.82) is 0 Å². The molecule has 0 unspecified atom stereocenters. The molecule has 134 valence electrons. The summed E-state index contributed by atoms with van der Waals surface area (Å²) in [5, 5.41) is 12.1. The Morgan fingerprint density at radius 2 is 1.81 bits per heavy atom. The average Bonchev–Trinajstić information content (AvgIpc) is 3.05. The van der Waals surface area contributed by atoms with Gasteiger partial charge in [-0.1, -0.05) is 59.1 Å². The topological polar surface area (TPSA) is 54.8 Å². The quantitative estimate of drug-likeness (QED) is 0.614. The fourth-order valence-electron chi connectivity index (χ4n) is 2.31. The second kappa shape index (κ2) is 8.49. The molecule has 0 aliphatic rings. The van der Waals surface area contributed by atoms with Gasteiger partial charge in [-0.05, 0) is 36.8 Å². The van der Waals surface area contributed by atoms with Gasteiger partial charge >= 0.3 is 0 Å². The fraction of sp³-hybridized carbons (Fsp3) is 0.167. The lowest BCUT2D eigenvalue weighted by Gasteiger charge is -2.08. The Hall–Kier alpha value is -2.15. The smallest absolute Gasteiger partial charge is 0.248 e. The number of hydrogen-bond donors (Lipinski definition) is 2. The van der Waals surface area contributed by atoms with E-state index in [-0.39, 0.29) is 0 Å². The Bertz CT molecular complexity index is 888. The first kappa shape index (κ1) is 18.6. The van der Waals surface area contributed by atoms with E-state index < -0.39 is 0 Å². The Labute approximate surface area is 167 Å². The minimum atomic E-state index is 0.412. The Morgan fingerprint density at radius 3 is 2.50 bits per heavy atom. The van der Waals surface area contributed by atoms with Gasteiger partial charge in [0, 0.05) is 22.2 Å². The van der Waals surface area contributed by atoms with Crippen molar-refractivity contribution in [3.63, 3.8) is 0 Å². The van der Waals surface area contributed by atoms with Crippen molar-refractivity contribution >= 4 is 46.5 Å². The van der Waals surface area contributed by atoms with E-state index in [9.17, 15) is 0 Å². The Kier molecular flexibility index (Phi) is 6.08. The lowest BCUT2D eigenvalue weighted by Crippen LogP contribution is -2.28. The van der Waals surface area contributed by atoms with Crippen molar-refractivity contribution < 1.29 is 0 Å². The van der Waals surface area contributed by atoms with E-state index in [4.69, 9.17) is 35.4 Å². The van der Waals surface area contributed by atoms with E-state index in [1.807, 2.05) is 0 Å². The zero-order valence-corrected chi connectivity index (χ0v) is 16.4. The summed E-state index contributed by atoms with van der Waals surface area (Å²) in [6.45, 7) is 3.11. The third-order valence-corrected chi connectivity index (χ3v) is 4.67. The van der Waals surface area contributed by atoms with Crippen LogP contribution in [0.1, 0.15) is 16.7 Å². The van der Waals surface area contributed by atoms with Crippen molar-refractivity contribution in [3.8, 4) is 0 Å². The van der Waals surface area contributed by atoms with Crippen LogP contribution in [0.5, 0.6) is 0 Å². The first-order valence-electron chi connectivity index (χ1n) is 7.94. The van der Waals surface area contributed by atoms with Crippen LogP contribution >= 0.6 is 35.4 Å². The normalized spacial score (nSPS) is 10.6. The monoisotopic (exact) mass is 405 g/mol. The number of benzene rings is 2. The maximum absolute atomic E-state index is 6.19. The maximum Gasteiger partial charge on any atom is 0.248 e. The first-order valence-corrected chi connectivity index (χ1v) is 9.10. The molecule has 0 radical (unpaired) electrons. The summed E-state index contributed by atoms with van der Waals surface area (Å²) >= 11 is 17.7. The lowest BCUT2D eigenvalue weighted by molar-refractivity contribution is 0.687. The Balaban J connectivity index is 1.56. The molecule has 3 rings (SSSR count). The van der Waals surface area contributed by atoms with Crippen molar-refractivity contribution in [2.45, 2.75) is 20.0 Å². The zero-order chi connectivity index (χ0) is 18.5. The van der Waals surface area contributed by atoms with E-state index in [0.29, 0.717) is 34.2 Å². The summed E-state index contributed by atoms with van der Waals surface area (Å²) in [5.74, 6) is 0.412. The third kappa shape index (κ3) is 4.94. The summed E-state index contributed by atoms with van der Waals surface area (Å²) in [7, 11) is 0. The molecule has 26 heavy (non-hydrogen) atoms. The van der Waals surface area contributed by atoms with Crippen LogP contribution in [-0.2, 0) is 13.1 Å². The van der Waals surface area contributed by atoms with Crippen molar-refractivity contribution in [2.24, 2.45) is 0 Å². The molecule has 2 N–H and O–H groups in total. The summed E-state index contributed by atoms with van der Waals surface area (Å²) in [6, 6.07) is 13.6. The lowest BCUT2D eigenvalue weighted by atomic mass is 10.1. The highest BCUT2D eigenvalue weighted by atomic mass is 35.5. The molecular formula is C18H17Cl2N5S. The number of anilines is 1. The number of hydrogen-bond acceptors (Lipinski definition) is 3. The van der Waals surface area contributed by atoms with Gasteiger partial charge in [0.25, 0.3) is 0 Å². The van der Waals surface area contributed by atoms with Gasteiger partial charge in [0.1, 0.15) is 6.33 Å². The van der Waals surface area contributed by atoms with E-state index in [1.165, 1.54) is 5.56 Å². The standard InChI is InChI=1S/C18H17Cl2N5S/c1-12-5-7-13(8-6-12)9-21-18(26)23-17-22-11-25(24-17)10-14-15(19)3-2-4-16(14)20/h2-8,11H,9-10H2,1H3,(H2,21,23,24,26). The minimum absolute atomic E-state index is 0.412. The van der Waals surface area contributed by atoms with Gasteiger partial charge in [-0.25, -0.2) is 9.67 Å². The second-order valence-electron chi connectivity index (χ2n) is 5.76. The number of thiocarbonyl (C=S) groups is 1. The van der Waals surface area contributed by atoms with Crippen molar-refractivity contribution in [3.05, 3.63) is 75.5 Å². The number of aromatic nitrogens is 3. The second-order valence-corrected chi connectivity index (χ2v) is 6.98. The molecule has 0 amide bonds. The van der Waals surface area contributed by atoms with Crippen LogP contribution < -0.4 is 10.6 Å². The van der Waals surface area contributed by atoms with Crippen LogP contribution in [0.3, 0.4) is 0 Å². The van der Waals surface area contributed by atoms with Gasteiger partial charge in [0.05, 0.1) is 6.54 Å². The van der Waals surface area contributed by atoms with Gasteiger partial charge in [-0.15, -0.1) is 5.10 Å². The molecule has 2 aromatic carbocycles. The third-order valence-electron chi connectivity index (χ3n) is 3.72. The molecular weight excluding hydrogens is 389 g/mol. The molecule has 3 aromatic rings. The molecule has 0 atom stereocenters. The van der Waals surface area contributed by atoms with E-state index in [1.54, 1.807) is 29.2 Å². The minimum Gasteiger partial charge on any atom is -0.358 e. The highest BCUT2D eigenvalue weighted by Gasteiger charge is 2.09. The molecule has 0 aliphatic heterocycles. The van der Waals surface area contributed by atoms with Crippen LogP contribution in [0.4, 0.5) is 5.95 Å². The van der Waals surface area contributed by atoms with Crippen LogP contribution in [0, 0.1) is 6.92 Å². The molecule has 0 spiro atoms. The van der Waals surface area contributed by atoms with E-state index in [0.717, 1.165) is 11.1 Å². The number of nitrogens with one attached hydrogen (secondary N) is 2. The first-order chi connectivity index (χ1) is 12.5. The number of rotatable bonds is 5. The number of nitrogens with zero attached hydrogens (tertiary/aromatic N) is 3.